The summed E-state index contributed by atoms with van der Waals surface area (Å²) in [7, 11) is 0. The number of aromatic nitrogens is 1. The van der Waals surface area contributed by atoms with E-state index in [0.29, 0.717) is 23.6 Å². The van der Waals surface area contributed by atoms with Gasteiger partial charge in [0.1, 0.15) is 5.82 Å². The van der Waals surface area contributed by atoms with Crippen LogP contribution in [0, 0.1) is 0 Å². The Kier molecular flexibility index (Phi) is 3.43. The van der Waals surface area contributed by atoms with Crippen molar-refractivity contribution in [3.05, 3.63) is 53.7 Å². The molecule has 18 heavy (non-hydrogen) atoms. The molecule has 2 aromatic rings. The van der Waals surface area contributed by atoms with E-state index in [1.165, 1.54) is 6.20 Å². The Morgan fingerprint density at radius 1 is 1.28 bits per heavy atom. The second-order valence-corrected chi connectivity index (χ2v) is 3.86. The molecule has 2 rings (SSSR count). The number of nitrogens with one attached hydrogen (secondary N) is 1. The van der Waals surface area contributed by atoms with Gasteiger partial charge in [0, 0.05) is 18.8 Å². The molecule has 92 valence electrons. The molecule has 0 atom stereocenters. The van der Waals surface area contributed by atoms with Crippen molar-refractivity contribution >= 4 is 17.4 Å². The Morgan fingerprint density at radius 2 is 2.00 bits per heavy atom. The lowest BCUT2D eigenvalue weighted by atomic mass is 10.2. The van der Waals surface area contributed by atoms with Crippen molar-refractivity contribution in [1.82, 2.24) is 4.98 Å². The quantitative estimate of drug-likeness (QED) is 0.754. The normalized spacial score (nSPS) is 10.0. The van der Waals surface area contributed by atoms with Crippen LogP contribution in [0.2, 0.25) is 0 Å². The van der Waals surface area contributed by atoms with Crippen molar-refractivity contribution in [1.29, 1.82) is 0 Å². The van der Waals surface area contributed by atoms with E-state index >= 15 is 0 Å². The van der Waals surface area contributed by atoms with Crippen LogP contribution < -0.4 is 16.8 Å². The summed E-state index contributed by atoms with van der Waals surface area (Å²) in [5, 5.41) is 3.13. The van der Waals surface area contributed by atoms with Gasteiger partial charge >= 0.3 is 0 Å². The van der Waals surface area contributed by atoms with Crippen molar-refractivity contribution in [3.63, 3.8) is 0 Å². The highest BCUT2D eigenvalue weighted by Gasteiger charge is 2.08. The Balaban J connectivity index is 2.18. The molecule has 0 radical (unpaired) electrons. The molecule has 0 aliphatic carbocycles. The van der Waals surface area contributed by atoms with Crippen molar-refractivity contribution in [2.75, 3.05) is 11.1 Å². The van der Waals surface area contributed by atoms with Gasteiger partial charge in [-0.1, -0.05) is 30.3 Å². The van der Waals surface area contributed by atoms with Gasteiger partial charge in [-0.25, -0.2) is 4.98 Å². The summed E-state index contributed by atoms with van der Waals surface area (Å²) in [6.07, 6.45) is 1.38. The Morgan fingerprint density at radius 3 is 2.67 bits per heavy atom. The van der Waals surface area contributed by atoms with Crippen LogP contribution in [0.3, 0.4) is 0 Å². The van der Waals surface area contributed by atoms with Crippen LogP contribution in [0.4, 0.5) is 11.5 Å². The van der Waals surface area contributed by atoms with Crippen molar-refractivity contribution in [2.24, 2.45) is 5.73 Å². The first kappa shape index (κ1) is 11.9. The first-order valence-corrected chi connectivity index (χ1v) is 5.50. The van der Waals surface area contributed by atoms with Crippen molar-refractivity contribution in [2.45, 2.75) is 6.54 Å². The molecular weight excluding hydrogens is 228 g/mol. The predicted octanol–water partition coefficient (Wildman–Crippen LogP) is 1.37. The fourth-order valence-corrected chi connectivity index (χ4v) is 1.61. The summed E-state index contributed by atoms with van der Waals surface area (Å²) in [5.41, 5.74) is 12.9. The van der Waals surface area contributed by atoms with E-state index in [1.54, 1.807) is 6.07 Å². The first-order chi connectivity index (χ1) is 8.66. The largest absolute Gasteiger partial charge is 0.384 e. The molecule has 1 aromatic heterocycles. The second-order valence-electron chi connectivity index (χ2n) is 3.86. The average Bonchev–Trinajstić information content (AvgIpc) is 2.37. The number of pyridine rings is 1. The Labute approximate surface area is 105 Å². The Hall–Kier alpha value is -2.56. The summed E-state index contributed by atoms with van der Waals surface area (Å²) in [5.74, 6) is -0.186. The van der Waals surface area contributed by atoms with Gasteiger partial charge in [-0.05, 0) is 5.56 Å². The highest BCUT2D eigenvalue weighted by atomic mass is 16.1. The number of primary amides is 1. The molecule has 0 spiro atoms. The van der Waals surface area contributed by atoms with Crippen LogP contribution in [-0.2, 0) is 6.54 Å². The average molecular weight is 242 g/mol. The maximum absolute atomic E-state index is 11.2. The van der Waals surface area contributed by atoms with Crippen LogP contribution in [0.15, 0.2) is 42.6 Å². The minimum Gasteiger partial charge on any atom is -0.384 e. The minimum atomic E-state index is -0.530. The maximum Gasteiger partial charge on any atom is 0.252 e. The van der Waals surface area contributed by atoms with Crippen LogP contribution in [0.1, 0.15) is 15.9 Å². The number of rotatable bonds is 4. The molecular formula is C13H14N4O. The van der Waals surface area contributed by atoms with Crippen molar-refractivity contribution in [3.8, 4) is 0 Å². The van der Waals surface area contributed by atoms with E-state index in [0.717, 1.165) is 5.56 Å². The summed E-state index contributed by atoms with van der Waals surface area (Å²) < 4.78 is 0. The maximum atomic E-state index is 11.2. The van der Waals surface area contributed by atoms with Crippen LogP contribution in [0.5, 0.6) is 0 Å². The predicted molar refractivity (Wildman–Crippen MR) is 70.9 cm³/mol. The first-order valence-electron chi connectivity index (χ1n) is 5.50. The zero-order chi connectivity index (χ0) is 13.0. The molecule has 1 heterocycles. The molecule has 0 unspecified atom stereocenters. The minimum absolute atomic E-state index is 0.333. The Bertz CT molecular complexity index is 554. The number of nitrogens with zero attached hydrogens (tertiary/aromatic N) is 1. The van der Waals surface area contributed by atoms with E-state index in [4.69, 9.17) is 11.5 Å². The van der Waals surface area contributed by atoms with Gasteiger partial charge in [0.15, 0.2) is 0 Å². The van der Waals surface area contributed by atoms with Crippen LogP contribution in [0.25, 0.3) is 0 Å². The number of carbonyl (C=O) groups is 1. The summed E-state index contributed by atoms with van der Waals surface area (Å²) in [4.78, 5) is 15.1. The molecule has 0 aliphatic rings. The smallest absolute Gasteiger partial charge is 0.252 e. The molecule has 1 amide bonds. The highest BCUT2D eigenvalue weighted by molar-refractivity contribution is 5.98. The van der Waals surface area contributed by atoms with Gasteiger partial charge in [-0.15, -0.1) is 0 Å². The third-order valence-corrected chi connectivity index (χ3v) is 2.52. The van der Waals surface area contributed by atoms with Gasteiger partial charge in [0.05, 0.1) is 11.3 Å². The van der Waals surface area contributed by atoms with Crippen LogP contribution >= 0.6 is 0 Å². The zero-order valence-electron chi connectivity index (χ0n) is 9.76. The molecule has 5 nitrogen and oxygen atoms in total. The number of nitrogen functional groups attached to an aromatic ring is 1. The standard InChI is InChI=1S/C13H14N4O/c14-12-6-11(10(8-17-12)13(15)18)16-7-9-4-2-1-3-5-9/h1-6,8H,7H2,(H2,15,18)(H3,14,16,17). The number of nitrogens with two attached hydrogens (primary N) is 2. The zero-order valence-corrected chi connectivity index (χ0v) is 9.76. The van der Waals surface area contributed by atoms with E-state index in [1.807, 2.05) is 30.3 Å². The van der Waals surface area contributed by atoms with E-state index < -0.39 is 5.91 Å². The molecule has 0 bridgehead atoms. The lowest BCUT2D eigenvalue weighted by Gasteiger charge is -2.10. The second kappa shape index (κ2) is 5.18. The van der Waals surface area contributed by atoms with Crippen molar-refractivity contribution < 1.29 is 4.79 Å². The fraction of sp³-hybridized carbons (Fsp3) is 0.0769. The molecule has 5 N–H and O–H groups in total. The lowest BCUT2D eigenvalue weighted by Crippen LogP contribution is -2.15. The van der Waals surface area contributed by atoms with Gasteiger partial charge in [-0.3, -0.25) is 4.79 Å². The van der Waals surface area contributed by atoms with E-state index in [2.05, 4.69) is 10.3 Å². The number of benzene rings is 1. The summed E-state index contributed by atoms with van der Waals surface area (Å²) >= 11 is 0. The van der Waals surface area contributed by atoms with Gasteiger partial charge in [0.2, 0.25) is 0 Å². The van der Waals surface area contributed by atoms with E-state index in [9.17, 15) is 4.79 Å². The number of amides is 1. The highest BCUT2D eigenvalue weighted by Crippen LogP contribution is 2.17. The lowest BCUT2D eigenvalue weighted by molar-refractivity contribution is 0.100. The van der Waals surface area contributed by atoms with Gasteiger partial charge in [0.25, 0.3) is 5.91 Å². The molecule has 5 heteroatoms. The SMILES string of the molecule is NC(=O)c1cnc(N)cc1NCc1ccccc1. The fourth-order valence-electron chi connectivity index (χ4n) is 1.61. The summed E-state index contributed by atoms with van der Waals surface area (Å²) in [6.45, 7) is 0.588. The molecule has 0 saturated heterocycles. The number of hydrogen-bond acceptors (Lipinski definition) is 4. The van der Waals surface area contributed by atoms with E-state index in [-0.39, 0.29) is 0 Å². The third-order valence-electron chi connectivity index (χ3n) is 2.52. The van der Waals surface area contributed by atoms with Gasteiger partial charge < -0.3 is 16.8 Å². The number of anilines is 2. The molecule has 0 saturated carbocycles. The topological polar surface area (TPSA) is 94.0 Å². The molecule has 0 aliphatic heterocycles. The van der Waals surface area contributed by atoms with Gasteiger partial charge in [-0.2, -0.15) is 0 Å². The third kappa shape index (κ3) is 2.76. The number of hydrogen-bond donors (Lipinski definition) is 3. The summed E-state index contributed by atoms with van der Waals surface area (Å²) in [6, 6.07) is 11.4. The monoisotopic (exact) mass is 242 g/mol. The van der Waals surface area contributed by atoms with Crippen LogP contribution in [-0.4, -0.2) is 10.9 Å². The number of carbonyl (C=O) groups excluding carboxylic acids is 1. The molecule has 1 aromatic carbocycles. The molecule has 0 fully saturated rings.